The molecule has 1 aliphatic heterocycles. The van der Waals surface area contributed by atoms with Crippen molar-refractivity contribution < 1.29 is 4.74 Å². The molecular weight excluding hydrogens is 190 g/mol. The molecule has 0 radical (unpaired) electrons. The van der Waals surface area contributed by atoms with Crippen molar-refractivity contribution >= 4 is 0 Å². The van der Waals surface area contributed by atoms with Crippen molar-refractivity contribution in [1.29, 1.82) is 0 Å². The monoisotopic (exact) mass is 207 g/mol. The molecule has 1 aromatic heterocycles. The molecule has 1 saturated heterocycles. The van der Waals surface area contributed by atoms with Crippen molar-refractivity contribution in [2.45, 2.75) is 31.8 Å². The van der Waals surface area contributed by atoms with E-state index in [1.54, 1.807) is 12.4 Å². The third kappa shape index (κ3) is 2.97. The van der Waals surface area contributed by atoms with Crippen LogP contribution in [0.2, 0.25) is 0 Å². The van der Waals surface area contributed by atoms with Crippen molar-refractivity contribution in [2.24, 2.45) is 0 Å². The molecule has 1 aliphatic rings. The minimum Gasteiger partial charge on any atom is -0.380 e. The van der Waals surface area contributed by atoms with Gasteiger partial charge >= 0.3 is 0 Å². The van der Waals surface area contributed by atoms with E-state index < -0.39 is 0 Å². The van der Waals surface area contributed by atoms with E-state index >= 15 is 0 Å². The molecule has 0 bridgehead atoms. The molecule has 4 nitrogen and oxygen atoms in total. The third-order valence-corrected chi connectivity index (χ3v) is 2.73. The van der Waals surface area contributed by atoms with Crippen LogP contribution in [0.1, 0.15) is 25.6 Å². The summed E-state index contributed by atoms with van der Waals surface area (Å²) in [4.78, 5) is 8.36. The van der Waals surface area contributed by atoms with Gasteiger partial charge in [-0.3, -0.25) is 0 Å². The number of nitrogens with one attached hydrogen (secondary N) is 1. The largest absolute Gasteiger partial charge is 0.380 e. The van der Waals surface area contributed by atoms with Crippen LogP contribution in [0.3, 0.4) is 0 Å². The second kappa shape index (κ2) is 4.68. The van der Waals surface area contributed by atoms with E-state index in [2.05, 4.69) is 22.2 Å². The van der Waals surface area contributed by atoms with Crippen LogP contribution >= 0.6 is 0 Å². The molecule has 0 aliphatic carbocycles. The van der Waals surface area contributed by atoms with E-state index in [1.807, 2.05) is 6.07 Å². The molecule has 1 atom stereocenters. The summed E-state index contributed by atoms with van der Waals surface area (Å²) in [7, 11) is 0. The van der Waals surface area contributed by atoms with Gasteiger partial charge in [-0.1, -0.05) is 0 Å². The Morgan fingerprint density at radius 2 is 2.27 bits per heavy atom. The van der Waals surface area contributed by atoms with Crippen LogP contribution in [-0.2, 0) is 11.3 Å². The second-order valence-electron chi connectivity index (χ2n) is 4.24. The van der Waals surface area contributed by atoms with E-state index in [0.717, 1.165) is 31.9 Å². The van der Waals surface area contributed by atoms with Gasteiger partial charge in [-0.25, -0.2) is 9.97 Å². The summed E-state index contributed by atoms with van der Waals surface area (Å²) in [6, 6.07) is 1.83. The minimum atomic E-state index is 0.0808. The smallest absolute Gasteiger partial charge is 0.141 e. The Labute approximate surface area is 90.1 Å². The van der Waals surface area contributed by atoms with Gasteiger partial charge in [-0.15, -0.1) is 0 Å². The molecule has 0 saturated carbocycles. The van der Waals surface area contributed by atoms with Crippen LogP contribution in [0.4, 0.5) is 0 Å². The highest BCUT2D eigenvalue weighted by molar-refractivity contribution is 4.92. The second-order valence-corrected chi connectivity index (χ2v) is 4.24. The zero-order valence-corrected chi connectivity index (χ0v) is 9.07. The summed E-state index contributed by atoms with van der Waals surface area (Å²) >= 11 is 0. The van der Waals surface area contributed by atoms with Gasteiger partial charge in [0.1, 0.15) is 5.82 Å². The number of ether oxygens (including phenoxy) is 1. The Morgan fingerprint density at radius 1 is 1.47 bits per heavy atom. The predicted octanol–water partition coefficient (Wildman–Crippen LogP) is 1.14. The lowest BCUT2D eigenvalue weighted by atomic mass is 9.95. The van der Waals surface area contributed by atoms with Gasteiger partial charge in [-0.05, 0) is 25.8 Å². The van der Waals surface area contributed by atoms with Crippen LogP contribution in [0.15, 0.2) is 18.5 Å². The molecule has 2 rings (SSSR count). The van der Waals surface area contributed by atoms with Crippen molar-refractivity contribution in [3.63, 3.8) is 0 Å². The van der Waals surface area contributed by atoms with Crippen molar-refractivity contribution in [3.8, 4) is 0 Å². The van der Waals surface area contributed by atoms with Crippen LogP contribution < -0.4 is 5.32 Å². The Hall–Kier alpha value is -1.00. The summed E-state index contributed by atoms with van der Waals surface area (Å²) in [5, 5.41) is 3.46. The molecule has 0 amide bonds. The molecule has 4 heteroatoms. The van der Waals surface area contributed by atoms with Gasteiger partial charge in [0, 0.05) is 24.5 Å². The number of aromatic nitrogens is 2. The molecular formula is C11H17N3O. The van der Waals surface area contributed by atoms with Gasteiger partial charge < -0.3 is 10.1 Å². The maximum absolute atomic E-state index is 5.47. The highest BCUT2D eigenvalue weighted by atomic mass is 16.5. The van der Waals surface area contributed by atoms with Crippen molar-refractivity contribution in [3.05, 3.63) is 24.3 Å². The fourth-order valence-corrected chi connectivity index (χ4v) is 1.79. The first-order valence-corrected chi connectivity index (χ1v) is 5.37. The third-order valence-electron chi connectivity index (χ3n) is 2.73. The highest BCUT2D eigenvalue weighted by Gasteiger charge is 2.26. The van der Waals surface area contributed by atoms with Crippen molar-refractivity contribution in [2.75, 3.05) is 13.2 Å². The van der Waals surface area contributed by atoms with Gasteiger partial charge in [0.15, 0.2) is 0 Å². The maximum atomic E-state index is 5.47. The minimum absolute atomic E-state index is 0.0808. The molecule has 15 heavy (non-hydrogen) atoms. The first-order chi connectivity index (χ1) is 7.29. The molecule has 82 valence electrons. The Bertz CT molecular complexity index is 296. The van der Waals surface area contributed by atoms with Crippen LogP contribution in [-0.4, -0.2) is 28.7 Å². The van der Waals surface area contributed by atoms with Gasteiger partial charge in [0.2, 0.25) is 0 Å². The standard InChI is InChI=1S/C11H17N3O/c1-11(4-2-7-15-9-11)14-8-10-12-5-3-6-13-10/h3,5-6,14H,2,4,7-9H2,1H3. The lowest BCUT2D eigenvalue weighted by molar-refractivity contribution is 0.0275. The normalized spacial score (nSPS) is 26.5. The molecule has 0 aromatic carbocycles. The average molecular weight is 207 g/mol. The molecule has 2 heterocycles. The number of hydrogen-bond acceptors (Lipinski definition) is 4. The fourth-order valence-electron chi connectivity index (χ4n) is 1.79. The van der Waals surface area contributed by atoms with Crippen LogP contribution in [0.25, 0.3) is 0 Å². The summed E-state index contributed by atoms with van der Waals surface area (Å²) in [6.07, 6.45) is 5.81. The summed E-state index contributed by atoms with van der Waals surface area (Å²) in [6.45, 7) is 4.56. The van der Waals surface area contributed by atoms with E-state index in [0.29, 0.717) is 6.54 Å². The van der Waals surface area contributed by atoms with E-state index in [-0.39, 0.29) is 5.54 Å². The van der Waals surface area contributed by atoms with Gasteiger partial charge in [0.05, 0.1) is 13.2 Å². The molecule has 1 fully saturated rings. The van der Waals surface area contributed by atoms with E-state index in [4.69, 9.17) is 4.74 Å². The molecule has 1 aromatic rings. The average Bonchev–Trinajstić information content (AvgIpc) is 2.29. The highest BCUT2D eigenvalue weighted by Crippen LogP contribution is 2.18. The number of rotatable bonds is 3. The lowest BCUT2D eigenvalue weighted by Crippen LogP contribution is -2.48. The number of nitrogens with zero attached hydrogens (tertiary/aromatic N) is 2. The summed E-state index contributed by atoms with van der Waals surface area (Å²) < 4.78 is 5.47. The topological polar surface area (TPSA) is 47.0 Å². The quantitative estimate of drug-likeness (QED) is 0.807. The van der Waals surface area contributed by atoms with Gasteiger partial charge in [-0.2, -0.15) is 0 Å². The molecule has 1 unspecified atom stereocenters. The zero-order chi connectivity index (χ0) is 10.6. The van der Waals surface area contributed by atoms with E-state index in [1.165, 1.54) is 0 Å². The summed E-state index contributed by atoms with van der Waals surface area (Å²) in [5.41, 5.74) is 0.0808. The first-order valence-electron chi connectivity index (χ1n) is 5.37. The Morgan fingerprint density at radius 3 is 2.93 bits per heavy atom. The Kier molecular flexibility index (Phi) is 3.28. The zero-order valence-electron chi connectivity index (χ0n) is 9.07. The summed E-state index contributed by atoms with van der Waals surface area (Å²) in [5.74, 6) is 0.837. The molecule has 0 spiro atoms. The maximum Gasteiger partial charge on any atom is 0.141 e. The van der Waals surface area contributed by atoms with Crippen LogP contribution in [0, 0.1) is 0 Å². The first kappa shape index (κ1) is 10.5. The number of hydrogen-bond donors (Lipinski definition) is 1. The van der Waals surface area contributed by atoms with Crippen LogP contribution in [0.5, 0.6) is 0 Å². The Balaban J connectivity index is 1.87. The predicted molar refractivity (Wildman–Crippen MR) is 57.3 cm³/mol. The SMILES string of the molecule is CC1(NCc2ncccn2)CCCOC1. The van der Waals surface area contributed by atoms with E-state index in [9.17, 15) is 0 Å². The van der Waals surface area contributed by atoms with Crippen molar-refractivity contribution in [1.82, 2.24) is 15.3 Å². The fraction of sp³-hybridized carbons (Fsp3) is 0.636. The van der Waals surface area contributed by atoms with Gasteiger partial charge in [0.25, 0.3) is 0 Å². The molecule has 1 N–H and O–H groups in total. The lowest BCUT2D eigenvalue weighted by Gasteiger charge is -2.34.